The minimum atomic E-state index is -0.269. The first kappa shape index (κ1) is 13.2. The maximum Gasteiger partial charge on any atom is 0.255 e. The van der Waals surface area contributed by atoms with Crippen LogP contribution in [0.15, 0.2) is 42.5 Å². The summed E-state index contributed by atoms with van der Waals surface area (Å²) in [5.74, 6) is 0.869. The van der Waals surface area contributed by atoms with E-state index in [2.05, 4.69) is 5.32 Å². The van der Waals surface area contributed by atoms with Gasteiger partial charge in [-0.3, -0.25) is 9.59 Å². The number of benzene rings is 2. The van der Waals surface area contributed by atoms with Gasteiger partial charge in [0.25, 0.3) is 5.91 Å². The van der Waals surface area contributed by atoms with Gasteiger partial charge in [0.2, 0.25) is 6.79 Å². The van der Waals surface area contributed by atoms with Gasteiger partial charge in [0, 0.05) is 16.8 Å². The molecule has 1 amide bonds. The molecule has 0 aromatic heterocycles. The van der Waals surface area contributed by atoms with E-state index < -0.39 is 0 Å². The normalized spacial score (nSPS) is 12.0. The molecular formula is C16H13NO4. The lowest BCUT2D eigenvalue weighted by Gasteiger charge is -2.07. The summed E-state index contributed by atoms with van der Waals surface area (Å²) in [6.07, 6.45) is 0. The molecule has 0 saturated heterocycles. The number of rotatable bonds is 3. The van der Waals surface area contributed by atoms with Crippen LogP contribution in [0.25, 0.3) is 0 Å². The van der Waals surface area contributed by atoms with E-state index in [-0.39, 0.29) is 18.5 Å². The van der Waals surface area contributed by atoms with E-state index in [4.69, 9.17) is 9.47 Å². The predicted molar refractivity (Wildman–Crippen MR) is 77.0 cm³/mol. The van der Waals surface area contributed by atoms with E-state index in [1.54, 1.807) is 42.5 Å². The van der Waals surface area contributed by atoms with Crippen LogP contribution >= 0.6 is 0 Å². The Morgan fingerprint density at radius 1 is 1.00 bits per heavy atom. The first-order valence-corrected chi connectivity index (χ1v) is 6.45. The molecule has 1 N–H and O–H groups in total. The molecule has 0 bridgehead atoms. The highest BCUT2D eigenvalue weighted by Crippen LogP contribution is 2.32. The molecule has 1 aliphatic heterocycles. The average Bonchev–Trinajstić information content (AvgIpc) is 2.94. The second-order valence-corrected chi connectivity index (χ2v) is 4.66. The Hall–Kier alpha value is -2.82. The number of carbonyl (C=O) groups is 2. The number of nitrogens with one attached hydrogen (secondary N) is 1. The van der Waals surface area contributed by atoms with Gasteiger partial charge in [-0.25, -0.2) is 0 Å². The minimum absolute atomic E-state index is 0.0471. The van der Waals surface area contributed by atoms with Crippen LogP contribution in [0.1, 0.15) is 27.6 Å². The molecular weight excluding hydrogens is 270 g/mol. The summed E-state index contributed by atoms with van der Waals surface area (Å²) < 4.78 is 10.4. The second-order valence-electron chi connectivity index (χ2n) is 4.66. The quantitative estimate of drug-likeness (QED) is 0.880. The number of carbonyl (C=O) groups excluding carboxylic acids is 2. The zero-order valence-electron chi connectivity index (χ0n) is 11.4. The number of ether oxygens (including phenoxy) is 2. The second kappa shape index (κ2) is 5.28. The van der Waals surface area contributed by atoms with Gasteiger partial charge >= 0.3 is 0 Å². The molecule has 3 rings (SSSR count). The summed E-state index contributed by atoms with van der Waals surface area (Å²) in [6, 6.07) is 11.8. The molecule has 5 nitrogen and oxygen atoms in total. The third-order valence-corrected chi connectivity index (χ3v) is 3.16. The van der Waals surface area contributed by atoms with E-state index in [9.17, 15) is 9.59 Å². The van der Waals surface area contributed by atoms with Gasteiger partial charge in [0.1, 0.15) is 0 Å². The van der Waals surface area contributed by atoms with Crippen molar-refractivity contribution in [2.24, 2.45) is 0 Å². The fraction of sp³-hybridized carbons (Fsp3) is 0.125. The summed E-state index contributed by atoms with van der Waals surface area (Å²) in [4.78, 5) is 23.5. The van der Waals surface area contributed by atoms with Crippen molar-refractivity contribution in [1.82, 2.24) is 0 Å². The Morgan fingerprint density at radius 2 is 1.81 bits per heavy atom. The van der Waals surface area contributed by atoms with E-state index in [0.717, 1.165) is 0 Å². The van der Waals surface area contributed by atoms with Gasteiger partial charge in [-0.05, 0) is 37.3 Å². The molecule has 0 radical (unpaired) electrons. The van der Waals surface area contributed by atoms with Crippen molar-refractivity contribution in [3.05, 3.63) is 53.6 Å². The molecule has 0 atom stereocenters. The molecule has 1 heterocycles. The van der Waals surface area contributed by atoms with Gasteiger partial charge < -0.3 is 14.8 Å². The Morgan fingerprint density at radius 3 is 2.62 bits per heavy atom. The number of fused-ring (bicyclic) bond motifs is 1. The summed E-state index contributed by atoms with van der Waals surface area (Å²) >= 11 is 0. The lowest BCUT2D eigenvalue weighted by atomic mass is 10.1. The van der Waals surface area contributed by atoms with Crippen molar-refractivity contribution in [3.63, 3.8) is 0 Å². The fourth-order valence-corrected chi connectivity index (χ4v) is 2.06. The largest absolute Gasteiger partial charge is 0.454 e. The van der Waals surface area contributed by atoms with Crippen molar-refractivity contribution in [1.29, 1.82) is 0 Å². The minimum Gasteiger partial charge on any atom is -0.454 e. The van der Waals surface area contributed by atoms with Crippen molar-refractivity contribution in [2.45, 2.75) is 6.92 Å². The third-order valence-electron chi connectivity index (χ3n) is 3.16. The highest BCUT2D eigenvalue weighted by atomic mass is 16.7. The van der Waals surface area contributed by atoms with Crippen LogP contribution in [0, 0.1) is 0 Å². The van der Waals surface area contributed by atoms with E-state index in [0.29, 0.717) is 28.3 Å². The van der Waals surface area contributed by atoms with Crippen LogP contribution in [0.3, 0.4) is 0 Å². The maximum atomic E-state index is 12.2. The van der Waals surface area contributed by atoms with E-state index >= 15 is 0 Å². The first-order chi connectivity index (χ1) is 10.1. The van der Waals surface area contributed by atoms with Crippen LogP contribution in [0.2, 0.25) is 0 Å². The number of amides is 1. The van der Waals surface area contributed by atoms with Crippen molar-refractivity contribution in [3.8, 4) is 11.5 Å². The van der Waals surface area contributed by atoms with Crippen molar-refractivity contribution in [2.75, 3.05) is 12.1 Å². The smallest absolute Gasteiger partial charge is 0.255 e. The lowest BCUT2D eigenvalue weighted by Crippen LogP contribution is -2.12. The zero-order valence-corrected chi connectivity index (χ0v) is 11.4. The Balaban J connectivity index is 1.80. The van der Waals surface area contributed by atoms with Crippen molar-refractivity contribution >= 4 is 17.4 Å². The number of hydrogen-bond acceptors (Lipinski definition) is 4. The number of ketones is 1. The number of Topliss-reactive ketones (excluding diaryl/α,β-unsaturated/α-hetero) is 1. The number of anilines is 1. The fourth-order valence-electron chi connectivity index (χ4n) is 2.06. The van der Waals surface area contributed by atoms with Crippen LogP contribution in [-0.2, 0) is 0 Å². The van der Waals surface area contributed by atoms with E-state index in [1.165, 1.54) is 6.92 Å². The monoisotopic (exact) mass is 283 g/mol. The van der Waals surface area contributed by atoms with Gasteiger partial charge in [-0.15, -0.1) is 0 Å². The number of hydrogen-bond donors (Lipinski definition) is 1. The Bertz CT molecular complexity index is 724. The standard InChI is InChI=1S/C16H13NO4/c1-10(18)11-3-2-4-13(7-11)17-16(19)12-5-6-14-15(8-12)21-9-20-14/h2-8H,9H2,1H3,(H,17,19). The van der Waals surface area contributed by atoms with Gasteiger partial charge in [0.05, 0.1) is 0 Å². The molecule has 106 valence electrons. The maximum absolute atomic E-state index is 12.2. The average molecular weight is 283 g/mol. The molecule has 0 spiro atoms. The summed E-state index contributed by atoms with van der Waals surface area (Å²) in [5, 5.41) is 2.76. The van der Waals surface area contributed by atoms with Gasteiger partial charge in [-0.2, -0.15) is 0 Å². The highest BCUT2D eigenvalue weighted by molar-refractivity contribution is 6.05. The zero-order chi connectivity index (χ0) is 14.8. The predicted octanol–water partition coefficient (Wildman–Crippen LogP) is 2.87. The van der Waals surface area contributed by atoms with Crippen LogP contribution in [0.4, 0.5) is 5.69 Å². The molecule has 0 fully saturated rings. The molecule has 1 aliphatic rings. The molecule has 0 saturated carbocycles. The third kappa shape index (κ3) is 2.72. The topological polar surface area (TPSA) is 64.6 Å². The molecule has 0 aliphatic carbocycles. The molecule has 21 heavy (non-hydrogen) atoms. The van der Waals surface area contributed by atoms with Gasteiger partial charge in [-0.1, -0.05) is 12.1 Å². The first-order valence-electron chi connectivity index (χ1n) is 6.45. The molecule has 2 aromatic rings. The molecule has 2 aromatic carbocycles. The van der Waals surface area contributed by atoms with Crippen LogP contribution < -0.4 is 14.8 Å². The molecule has 5 heteroatoms. The molecule has 0 unspecified atom stereocenters. The lowest BCUT2D eigenvalue weighted by molar-refractivity contribution is 0.101. The Kier molecular flexibility index (Phi) is 3.31. The van der Waals surface area contributed by atoms with Gasteiger partial charge in [0.15, 0.2) is 17.3 Å². The summed E-state index contributed by atoms with van der Waals surface area (Å²) in [5.41, 5.74) is 1.59. The SMILES string of the molecule is CC(=O)c1cccc(NC(=O)c2ccc3c(c2)OCO3)c1. The summed E-state index contributed by atoms with van der Waals surface area (Å²) in [7, 11) is 0. The highest BCUT2D eigenvalue weighted by Gasteiger charge is 2.16. The Labute approximate surface area is 121 Å². The van der Waals surface area contributed by atoms with Crippen molar-refractivity contribution < 1.29 is 19.1 Å². The van der Waals surface area contributed by atoms with Crippen LogP contribution in [-0.4, -0.2) is 18.5 Å². The van der Waals surface area contributed by atoms with Crippen LogP contribution in [0.5, 0.6) is 11.5 Å². The van der Waals surface area contributed by atoms with E-state index in [1.807, 2.05) is 0 Å². The summed E-state index contributed by atoms with van der Waals surface area (Å²) in [6.45, 7) is 1.65.